The van der Waals surface area contributed by atoms with Gasteiger partial charge in [0.25, 0.3) is 0 Å². The van der Waals surface area contributed by atoms with E-state index in [1.807, 2.05) is 59.1 Å². The molecule has 0 radical (unpaired) electrons. The van der Waals surface area contributed by atoms with Crippen LogP contribution in [0.2, 0.25) is 0 Å². The van der Waals surface area contributed by atoms with E-state index in [0.29, 0.717) is 30.2 Å². The number of rotatable bonds is 5. The second-order valence-corrected chi connectivity index (χ2v) is 10.7. The summed E-state index contributed by atoms with van der Waals surface area (Å²) in [6.45, 7) is 7.27. The second-order valence-electron chi connectivity index (χ2n) is 10.7. The Hall–Kier alpha value is -3.40. The Balaban J connectivity index is 1.63. The van der Waals surface area contributed by atoms with Gasteiger partial charge in [0.1, 0.15) is 11.3 Å². The first-order valence-corrected chi connectivity index (χ1v) is 12.1. The summed E-state index contributed by atoms with van der Waals surface area (Å²) in [5, 5.41) is 13.9. The Morgan fingerprint density at radius 3 is 2.27 bits per heavy atom. The predicted octanol–water partition coefficient (Wildman–Crippen LogP) is 5.52. The zero-order chi connectivity index (χ0) is 27.0. The van der Waals surface area contributed by atoms with E-state index in [1.165, 1.54) is 12.1 Å². The minimum Gasteiger partial charge on any atom is -0.444 e. The standard InChI is InChI=1S/C27H32F3N5O2/c1-26(2,3)37-25(36)35-15-18(14-34(4)5)22(16-35)31-24-21-9-7-6-8-20(21)23(32-33-24)17-10-12-19(13-11-17)27(28,29)30/h6-13,18,22H,14-16H2,1-5H3,(H,31,33)/t18-,22-/m1/s1. The average Bonchev–Trinajstić information content (AvgIpc) is 3.19. The molecule has 2 atom stereocenters. The predicted molar refractivity (Wildman–Crippen MR) is 137 cm³/mol. The molecule has 7 nitrogen and oxygen atoms in total. The number of nitrogens with one attached hydrogen (secondary N) is 1. The number of likely N-dealkylation sites (tertiary alicyclic amines) is 1. The SMILES string of the molecule is CN(C)C[C@@H]1CN(C(=O)OC(C)(C)C)C[C@H]1Nc1nnc(-c2ccc(C(F)(F)F)cc2)c2ccccc12. The molecular weight excluding hydrogens is 483 g/mol. The van der Waals surface area contributed by atoms with E-state index in [-0.39, 0.29) is 18.1 Å². The summed E-state index contributed by atoms with van der Waals surface area (Å²) in [6.07, 6.45) is -4.76. The van der Waals surface area contributed by atoms with Gasteiger partial charge in [0.05, 0.1) is 11.6 Å². The van der Waals surface area contributed by atoms with Crippen LogP contribution in [-0.4, -0.2) is 71.5 Å². The highest BCUT2D eigenvalue weighted by molar-refractivity contribution is 6.00. The third kappa shape index (κ3) is 6.30. The van der Waals surface area contributed by atoms with Crippen molar-refractivity contribution in [2.45, 2.75) is 38.6 Å². The van der Waals surface area contributed by atoms with Gasteiger partial charge in [0.2, 0.25) is 0 Å². The Kier molecular flexibility index (Phi) is 7.32. The van der Waals surface area contributed by atoms with Crippen molar-refractivity contribution in [2.24, 2.45) is 5.92 Å². The molecule has 0 spiro atoms. The van der Waals surface area contributed by atoms with Crippen LogP contribution in [0.25, 0.3) is 22.0 Å². The van der Waals surface area contributed by atoms with Crippen LogP contribution < -0.4 is 5.32 Å². The molecule has 1 fully saturated rings. The number of carbonyl (C=O) groups excluding carboxylic acids is 1. The molecular formula is C27H32F3N5O2. The van der Waals surface area contributed by atoms with Crippen LogP contribution in [0.3, 0.4) is 0 Å². The summed E-state index contributed by atoms with van der Waals surface area (Å²) < 4.78 is 44.6. The first kappa shape index (κ1) is 26.7. The molecule has 2 heterocycles. The van der Waals surface area contributed by atoms with Crippen molar-refractivity contribution in [1.29, 1.82) is 0 Å². The van der Waals surface area contributed by atoms with Gasteiger partial charge in [-0.05, 0) is 47.0 Å². The Labute approximate surface area is 214 Å². The fraction of sp³-hybridized carbons (Fsp3) is 0.444. The number of hydrogen-bond acceptors (Lipinski definition) is 6. The summed E-state index contributed by atoms with van der Waals surface area (Å²) in [6, 6.07) is 12.3. The van der Waals surface area contributed by atoms with Crippen molar-refractivity contribution >= 4 is 22.7 Å². The first-order valence-electron chi connectivity index (χ1n) is 12.1. The number of anilines is 1. The molecule has 198 valence electrons. The summed E-state index contributed by atoms with van der Waals surface area (Å²) >= 11 is 0. The van der Waals surface area contributed by atoms with Gasteiger partial charge in [-0.3, -0.25) is 0 Å². The van der Waals surface area contributed by atoms with E-state index in [4.69, 9.17) is 4.74 Å². The fourth-order valence-corrected chi connectivity index (χ4v) is 4.58. The summed E-state index contributed by atoms with van der Waals surface area (Å²) in [4.78, 5) is 16.5. The van der Waals surface area contributed by atoms with Crippen LogP contribution >= 0.6 is 0 Å². The lowest BCUT2D eigenvalue weighted by molar-refractivity contribution is -0.137. The number of amides is 1. The van der Waals surface area contributed by atoms with Crippen LogP contribution in [0.1, 0.15) is 26.3 Å². The van der Waals surface area contributed by atoms with E-state index in [1.54, 1.807) is 4.90 Å². The van der Waals surface area contributed by atoms with Crippen molar-refractivity contribution in [3.8, 4) is 11.3 Å². The lowest BCUT2D eigenvalue weighted by atomic mass is 10.0. The number of halogens is 3. The number of fused-ring (bicyclic) bond motifs is 1. The number of hydrogen-bond donors (Lipinski definition) is 1. The molecule has 1 aliphatic rings. The van der Waals surface area contributed by atoms with E-state index < -0.39 is 17.3 Å². The highest BCUT2D eigenvalue weighted by Gasteiger charge is 2.38. The number of carbonyl (C=O) groups is 1. The van der Waals surface area contributed by atoms with Crippen LogP contribution in [0, 0.1) is 5.92 Å². The summed E-state index contributed by atoms with van der Waals surface area (Å²) in [5.41, 5.74) is -0.253. The molecule has 0 aliphatic carbocycles. The first-order chi connectivity index (χ1) is 17.3. The topological polar surface area (TPSA) is 70.6 Å². The molecule has 2 aromatic carbocycles. The van der Waals surface area contributed by atoms with E-state index in [9.17, 15) is 18.0 Å². The van der Waals surface area contributed by atoms with E-state index >= 15 is 0 Å². The van der Waals surface area contributed by atoms with Gasteiger partial charge < -0.3 is 19.9 Å². The maximum absolute atomic E-state index is 13.0. The molecule has 0 saturated carbocycles. The lowest BCUT2D eigenvalue weighted by Gasteiger charge is -2.24. The molecule has 1 aromatic heterocycles. The molecule has 1 N–H and O–H groups in total. The summed E-state index contributed by atoms with van der Waals surface area (Å²) in [5.74, 6) is 0.684. The molecule has 4 rings (SSSR count). The van der Waals surface area contributed by atoms with Crippen LogP contribution in [0.15, 0.2) is 48.5 Å². The number of ether oxygens (including phenoxy) is 1. The van der Waals surface area contributed by atoms with E-state index in [2.05, 4.69) is 20.4 Å². The molecule has 0 unspecified atom stereocenters. The van der Waals surface area contributed by atoms with Gasteiger partial charge in [-0.25, -0.2) is 4.79 Å². The minimum absolute atomic E-state index is 0.0930. The molecule has 1 aliphatic heterocycles. The Bertz CT molecular complexity index is 1260. The van der Waals surface area contributed by atoms with Crippen molar-refractivity contribution in [3.05, 3.63) is 54.1 Å². The highest BCUT2D eigenvalue weighted by Crippen LogP contribution is 2.34. The average molecular weight is 516 g/mol. The largest absolute Gasteiger partial charge is 0.444 e. The van der Waals surface area contributed by atoms with Crippen molar-refractivity contribution in [2.75, 3.05) is 39.0 Å². The smallest absolute Gasteiger partial charge is 0.416 e. The van der Waals surface area contributed by atoms with Gasteiger partial charge in [-0.1, -0.05) is 36.4 Å². The molecule has 3 aromatic rings. The Morgan fingerprint density at radius 1 is 1.03 bits per heavy atom. The zero-order valence-corrected chi connectivity index (χ0v) is 21.6. The van der Waals surface area contributed by atoms with Gasteiger partial charge in [0.15, 0.2) is 5.82 Å². The van der Waals surface area contributed by atoms with Gasteiger partial charge >= 0.3 is 12.3 Å². The van der Waals surface area contributed by atoms with Gasteiger partial charge in [-0.2, -0.15) is 13.2 Å². The molecule has 0 bridgehead atoms. The molecule has 10 heteroatoms. The van der Waals surface area contributed by atoms with E-state index in [0.717, 1.165) is 29.4 Å². The maximum atomic E-state index is 13.0. The molecule has 1 saturated heterocycles. The number of alkyl halides is 3. The normalized spacial score (nSPS) is 18.5. The minimum atomic E-state index is -4.41. The number of benzene rings is 2. The summed E-state index contributed by atoms with van der Waals surface area (Å²) in [7, 11) is 3.97. The van der Waals surface area contributed by atoms with Crippen LogP contribution in [-0.2, 0) is 10.9 Å². The number of nitrogens with zero attached hydrogens (tertiary/aromatic N) is 4. The van der Waals surface area contributed by atoms with Crippen LogP contribution in [0.4, 0.5) is 23.8 Å². The Morgan fingerprint density at radius 2 is 1.68 bits per heavy atom. The van der Waals surface area contributed by atoms with Crippen molar-refractivity contribution in [3.63, 3.8) is 0 Å². The monoisotopic (exact) mass is 515 g/mol. The van der Waals surface area contributed by atoms with Gasteiger partial charge in [0, 0.05) is 41.9 Å². The lowest BCUT2D eigenvalue weighted by Crippen LogP contribution is -2.36. The number of aromatic nitrogens is 2. The van der Waals surface area contributed by atoms with Crippen molar-refractivity contribution < 1.29 is 22.7 Å². The van der Waals surface area contributed by atoms with Crippen LogP contribution in [0.5, 0.6) is 0 Å². The zero-order valence-electron chi connectivity index (χ0n) is 21.6. The fourth-order valence-electron chi connectivity index (χ4n) is 4.58. The van der Waals surface area contributed by atoms with Crippen molar-refractivity contribution in [1.82, 2.24) is 20.0 Å². The third-order valence-electron chi connectivity index (χ3n) is 6.19. The third-order valence-corrected chi connectivity index (χ3v) is 6.19. The maximum Gasteiger partial charge on any atom is 0.416 e. The second kappa shape index (κ2) is 10.2. The molecule has 1 amide bonds. The molecule has 37 heavy (non-hydrogen) atoms. The highest BCUT2D eigenvalue weighted by atomic mass is 19.4. The van der Waals surface area contributed by atoms with Gasteiger partial charge in [-0.15, -0.1) is 10.2 Å². The quantitative estimate of drug-likeness (QED) is 0.482.